The number of hydrogen-bond acceptors (Lipinski definition) is 6. The van der Waals surface area contributed by atoms with Crippen molar-refractivity contribution in [3.63, 3.8) is 0 Å². The molecule has 0 saturated carbocycles. The maximum Gasteiger partial charge on any atom is 0.335 e. The number of aliphatic carboxylic acids is 1. The Hall–Kier alpha value is -3.71. The average molecular weight is 475 g/mol. The van der Waals surface area contributed by atoms with Crippen LogP contribution in [0.3, 0.4) is 0 Å². The van der Waals surface area contributed by atoms with E-state index in [1.165, 1.54) is 11.8 Å². The second kappa shape index (κ2) is 10.9. The summed E-state index contributed by atoms with van der Waals surface area (Å²) >= 11 is 1.53. The number of benzene rings is 3. The lowest BCUT2D eigenvalue weighted by molar-refractivity contribution is -0.133. The van der Waals surface area contributed by atoms with Crippen molar-refractivity contribution < 1.29 is 19.4 Å². The van der Waals surface area contributed by atoms with Gasteiger partial charge in [-0.1, -0.05) is 72.4 Å². The third-order valence-electron chi connectivity index (χ3n) is 5.43. The van der Waals surface area contributed by atoms with E-state index in [1.54, 1.807) is 14.0 Å². The van der Waals surface area contributed by atoms with Crippen LogP contribution >= 0.6 is 11.8 Å². The molecule has 34 heavy (non-hydrogen) atoms. The number of hydrogen-bond donors (Lipinski definition) is 2. The van der Waals surface area contributed by atoms with Crippen LogP contribution in [-0.2, 0) is 17.2 Å². The van der Waals surface area contributed by atoms with Crippen molar-refractivity contribution in [2.45, 2.75) is 25.3 Å². The summed E-state index contributed by atoms with van der Waals surface area (Å²) in [6.07, 6.45) is 0. The highest BCUT2D eigenvalue weighted by molar-refractivity contribution is 8.13. The monoisotopic (exact) mass is 474 g/mol. The van der Waals surface area contributed by atoms with Gasteiger partial charge < -0.3 is 19.9 Å². The first kappa shape index (κ1) is 23.4. The van der Waals surface area contributed by atoms with Crippen molar-refractivity contribution in [1.82, 2.24) is 5.32 Å². The summed E-state index contributed by atoms with van der Waals surface area (Å²) in [4.78, 5) is 17.0. The van der Waals surface area contributed by atoms with Crippen LogP contribution in [0.5, 0.6) is 11.5 Å². The van der Waals surface area contributed by atoms with Crippen molar-refractivity contribution in [2.24, 2.45) is 4.99 Å². The molecule has 0 amide bonds. The van der Waals surface area contributed by atoms with E-state index in [4.69, 9.17) is 14.5 Å². The Kier molecular flexibility index (Phi) is 7.54. The summed E-state index contributed by atoms with van der Waals surface area (Å²) in [6.45, 7) is 2.16. The molecular weight excluding hydrogens is 448 g/mol. The van der Waals surface area contributed by atoms with E-state index in [0.717, 1.165) is 22.4 Å². The van der Waals surface area contributed by atoms with E-state index in [2.05, 4.69) is 5.32 Å². The van der Waals surface area contributed by atoms with Crippen LogP contribution in [-0.4, -0.2) is 23.4 Å². The second-order valence-electron chi connectivity index (χ2n) is 7.75. The van der Waals surface area contributed by atoms with E-state index in [9.17, 15) is 9.90 Å². The van der Waals surface area contributed by atoms with Crippen LogP contribution in [0.15, 0.2) is 95.1 Å². The highest BCUT2D eigenvalue weighted by Gasteiger charge is 2.31. The summed E-state index contributed by atoms with van der Waals surface area (Å²) in [5, 5.41) is 13.8. The lowest BCUT2D eigenvalue weighted by Crippen LogP contribution is -2.30. The molecule has 1 atom stereocenters. The predicted molar refractivity (Wildman–Crippen MR) is 135 cm³/mol. The SMILES string of the molecule is COc1ccc(CSC2=NC(c3ccccc3OCc3ccccc3)C(C(=O)O)=C(C)N2)cc1. The van der Waals surface area contributed by atoms with Crippen molar-refractivity contribution in [3.8, 4) is 11.5 Å². The maximum atomic E-state index is 12.2. The minimum Gasteiger partial charge on any atom is -0.497 e. The molecule has 1 unspecified atom stereocenters. The first-order valence-electron chi connectivity index (χ1n) is 10.9. The minimum absolute atomic E-state index is 0.213. The fourth-order valence-electron chi connectivity index (χ4n) is 3.67. The van der Waals surface area contributed by atoms with Crippen LogP contribution in [0.4, 0.5) is 0 Å². The number of para-hydroxylation sites is 1. The molecule has 1 aliphatic heterocycles. The third-order valence-corrected chi connectivity index (χ3v) is 6.39. The number of thioether (sulfide) groups is 1. The third kappa shape index (κ3) is 5.61. The van der Waals surface area contributed by atoms with Gasteiger partial charge in [0.1, 0.15) is 24.1 Å². The van der Waals surface area contributed by atoms with Crippen molar-refractivity contribution >= 4 is 22.9 Å². The quantitative estimate of drug-likeness (QED) is 0.445. The van der Waals surface area contributed by atoms with E-state index in [1.807, 2.05) is 78.9 Å². The summed E-state index contributed by atoms with van der Waals surface area (Å²) in [5.74, 6) is 1.10. The summed E-state index contributed by atoms with van der Waals surface area (Å²) in [6, 6.07) is 24.5. The zero-order valence-corrected chi connectivity index (χ0v) is 19.8. The number of nitrogens with zero attached hydrogens (tertiary/aromatic N) is 1. The van der Waals surface area contributed by atoms with Crippen molar-refractivity contribution in [2.75, 3.05) is 7.11 Å². The molecular formula is C27H26N2O4S. The Labute approximate surface area is 203 Å². The normalized spacial score (nSPS) is 15.4. The number of amidine groups is 1. The number of rotatable bonds is 8. The van der Waals surface area contributed by atoms with Crippen molar-refractivity contribution in [3.05, 3.63) is 107 Å². The molecule has 3 aromatic rings. The van der Waals surface area contributed by atoms with E-state index in [0.29, 0.717) is 29.0 Å². The molecule has 0 spiro atoms. The number of allylic oxidation sites excluding steroid dienone is 1. The Bertz CT molecular complexity index is 1210. The number of aliphatic imine (C=N–C) groups is 1. The first-order valence-corrected chi connectivity index (χ1v) is 11.8. The fourth-order valence-corrected chi connectivity index (χ4v) is 4.57. The lowest BCUT2D eigenvalue weighted by atomic mass is 9.96. The van der Waals surface area contributed by atoms with Gasteiger partial charge in [0, 0.05) is 17.0 Å². The topological polar surface area (TPSA) is 80.2 Å². The van der Waals surface area contributed by atoms with Crippen LogP contribution in [0.25, 0.3) is 0 Å². The zero-order chi connectivity index (χ0) is 23.9. The molecule has 0 aliphatic carbocycles. The van der Waals surface area contributed by atoms with Gasteiger partial charge in [-0.2, -0.15) is 0 Å². The molecule has 0 saturated heterocycles. The van der Waals surface area contributed by atoms with Gasteiger partial charge in [-0.25, -0.2) is 9.79 Å². The van der Waals surface area contributed by atoms with Crippen molar-refractivity contribution in [1.29, 1.82) is 0 Å². The van der Waals surface area contributed by atoms with Gasteiger partial charge in [-0.05, 0) is 36.2 Å². The highest BCUT2D eigenvalue weighted by atomic mass is 32.2. The predicted octanol–water partition coefficient (Wildman–Crippen LogP) is 5.57. The summed E-state index contributed by atoms with van der Waals surface area (Å²) < 4.78 is 11.3. The van der Waals surface area contributed by atoms with E-state index >= 15 is 0 Å². The minimum atomic E-state index is -1.00. The van der Waals surface area contributed by atoms with Gasteiger partial charge in [0.05, 0.1) is 12.7 Å². The molecule has 2 N–H and O–H groups in total. The van der Waals surface area contributed by atoms with E-state index in [-0.39, 0.29) is 5.57 Å². The molecule has 0 bridgehead atoms. The van der Waals surface area contributed by atoms with Gasteiger partial charge in [-0.15, -0.1) is 0 Å². The Balaban J connectivity index is 1.58. The molecule has 1 aliphatic rings. The summed E-state index contributed by atoms with van der Waals surface area (Å²) in [7, 11) is 1.64. The molecule has 6 nitrogen and oxygen atoms in total. The maximum absolute atomic E-state index is 12.2. The van der Waals surface area contributed by atoms with Crippen LogP contribution < -0.4 is 14.8 Å². The van der Waals surface area contributed by atoms with Gasteiger partial charge >= 0.3 is 5.97 Å². The highest BCUT2D eigenvalue weighted by Crippen LogP contribution is 2.37. The van der Waals surface area contributed by atoms with Gasteiger partial charge in [0.2, 0.25) is 0 Å². The number of carboxylic acid groups (broad SMARTS) is 1. The fraction of sp³-hybridized carbons (Fsp3) is 0.185. The van der Waals surface area contributed by atoms with Crippen LogP contribution in [0, 0.1) is 0 Å². The average Bonchev–Trinajstić information content (AvgIpc) is 2.86. The molecule has 3 aromatic carbocycles. The first-order chi connectivity index (χ1) is 16.5. The van der Waals surface area contributed by atoms with Crippen LogP contribution in [0.2, 0.25) is 0 Å². The summed E-state index contributed by atoms with van der Waals surface area (Å²) in [5.41, 5.74) is 3.66. The second-order valence-corrected chi connectivity index (χ2v) is 8.72. The Morgan fingerprint density at radius 2 is 1.71 bits per heavy atom. The number of ether oxygens (including phenoxy) is 2. The number of carbonyl (C=O) groups is 1. The van der Waals surface area contributed by atoms with E-state index < -0.39 is 12.0 Å². The Morgan fingerprint density at radius 1 is 1.00 bits per heavy atom. The molecule has 0 radical (unpaired) electrons. The number of carboxylic acids is 1. The zero-order valence-electron chi connectivity index (χ0n) is 19.0. The number of nitrogens with one attached hydrogen (secondary N) is 1. The van der Waals surface area contributed by atoms with Gasteiger partial charge in [0.15, 0.2) is 5.17 Å². The van der Waals surface area contributed by atoms with Crippen LogP contribution in [0.1, 0.15) is 29.7 Å². The molecule has 1 heterocycles. The Morgan fingerprint density at radius 3 is 2.41 bits per heavy atom. The smallest absolute Gasteiger partial charge is 0.335 e. The molecule has 0 aromatic heterocycles. The number of methoxy groups -OCH3 is 1. The lowest BCUT2D eigenvalue weighted by Gasteiger charge is -2.26. The van der Waals surface area contributed by atoms with Gasteiger partial charge in [-0.3, -0.25) is 0 Å². The van der Waals surface area contributed by atoms with Gasteiger partial charge in [0.25, 0.3) is 0 Å². The molecule has 0 fully saturated rings. The molecule has 4 rings (SSSR count). The largest absolute Gasteiger partial charge is 0.497 e. The molecule has 174 valence electrons. The molecule has 7 heteroatoms. The standard InChI is InChI=1S/C27H26N2O4S/c1-18-24(26(30)31)25(29-27(28-18)34-17-20-12-14-21(32-2)15-13-20)22-10-6-7-11-23(22)33-16-19-8-4-3-5-9-19/h3-15,25H,16-17H2,1-2H3,(H,28,29)(H,30,31).